The summed E-state index contributed by atoms with van der Waals surface area (Å²) in [6.45, 7) is 0.438. The lowest BCUT2D eigenvalue weighted by Crippen LogP contribution is -2.41. The summed E-state index contributed by atoms with van der Waals surface area (Å²) < 4.78 is 26.8. The van der Waals surface area contributed by atoms with E-state index in [4.69, 9.17) is 23.2 Å². The summed E-state index contributed by atoms with van der Waals surface area (Å²) in [4.78, 5) is 22.8. The minimum Gasteiger partial charge on any atom is -0.326 e. The second-order valence-electron chi connectivity index (χ2n) is 6.97. The Morgan fingerprint density at radius 2 is 1.83 bits per heavy atom. The Labute approximate surface area is 184 Å². The zero-order valence-electron chi connectivity index (χ0n) is 15.8. The number of hydrogen-bond acceptors (Lipinski definition) is 5. The third-order valence-electron chi connectivity index (χ3n) is 4.88. The summed E-state index contributed by atoms with van der Waals surface area (Å²) >= 11 is 11.8. The molecule has 0 saturated carbocycles. The number of piperidine rings is 1. The predicted octanol–water partition coefficient (Wildman–Crippen LogP) is 4.08. The van der Waals surface area contributed by atoms with Crippen molar-refractivity contribution in [1.82, 2.24) is 4.31 Å². The normalized spacial score (nSPS) is 15.7. The quantitative estimate of drug-likeness (QED) is 0.503. The lowest BCUT2D eigenvalue weighted by molar-refractivity contribution is -0.384. The molecule has 1 heterocycles. The van der Waals surface area contributed by atoms with E-state index in [1.54, 1.807) is 18.2 Å². The number of benzene rings is 2. The molecule has 0 aliphatic carbocycles. The maximum absolute atomic E-state index is 12.7. The summed E-state index contributed by atoms with van der Waals surface area (Å²) in [7, 11) is -3.56. The van der Waals surface area contributed by atoms with Crippen LogP contribution in [-0.4, -0.2) is 36.6 Å². The molecule has 0 radical (unpaired) electrons. The van der Waals surface area contributed by atoms with Crippen molar-refractivity contribution in [2.24, 2.45) is 5.92 Å². The molecule has 0 bridgehead atoms. The van der Waals surface area contributed by atoms with E-state index in [1.165, 1.54) is 28.6 Å². The Morgan fingerprint density at radius 3 is 2.47 bits per heavy atom. The third-order valence-corrected chi connectivity index (χ3v) is 7.46. The number of hydrogen-bond donors (Lipinski definition) is 1. The molecular formula is C19H19Cl2N3O5S. The van der Waals surface area contributed by atoms with Crippen molar-refractivity contribution in [2.45, 2.75) is 18.6 Å². The Bertz CT molecular complexity index is 1070. The zero-order valence-corrected chi connectivity index (χ0v) is 18.1. The maximum atomic E-state index is 12.7. The van der Waals surface area contributed by atoms with Gasteiger partial charge in [-0.2, -0.15) is 0 Å². The van der Waals surface area contributed by atoms with Crippen molar-refractivity contribution < 1.29 is 18.1 Å². The Morgan fingerprint density at radius 1 is 1.13 bits per heavy atom. The van der Waals surface area contributed by atoms with E-state index in [2.05, 4.69) is 5.32 Å². The minimum atomic E-state index is -3.56. The van der Waals surface area contributed by atoms with E-state index in [1.807, 2.05) is 0 Å². The molecular weight excluding hydrogens is 453 g/mol. The molecule has 0 unspecified atom stereocenters. The van der Waals surface area contributed by atoms with Gasteiger partial charge in [-0.05, 0) is 36.6 Å². The second-order valence-corrected chi connectivity index (χ2v) is 9.76. The number of nitro benzene ring substituents is 1. The molecule has 1 fully saturated rings. The third kappa shape index (κ3) is 5.48. The van der Waals surface area contributed by atoms with Gasteiger partial charge in [0.15, 0.2) is 0 Å². The minimum absolute atomic E-state index is 0.115. The highest BCUT2D eigenvalue weighted by Crippen LogP contribution is 2.27. The molecule has 1 saturated heterocycles. The van der Waals surface area contributed by atoms with Crippen molar-refractivity contribution in [1.29, 1.82) is 0 Å². The number of nitrogens with zero attached hydrogens (tertiary/aromatic N) is 2. The van der Waals surface area contributed by atoms with Crippen LogP contribution in [0.5, 0.6) is 0 Å². The van der Waals surface area contributed by atoms with E-state index in [9.17, 15) is 23.3 Å². The first kappa shape index (κ1) is 22.5. The first-order chi connectivity index (χ1) is 14.2. The van der Waals surface area contributed by atoms with Gasteiger partial charge in [0.1, 0.15) is 0 Å². The molecule has 11 heteroatoms. The lowest BCUT2D eigenvalue weighted by atomic mass is 9.97. The van der Waals surface area contributed by atoms with Crippen molar-refractivity contribution in [3.8, 4) is 0 Å². The van der Waals surface area contributed by atoms with E-state index in [-0.39, 0.29) is 36.4 Å². The van der Waals surface area contributed by atoms with Crippen LogP contribution in [0, 0.1) is 16.0 Å². The number of nitro groups is 1. The zero-order chi connectivity index (χ0) is 21.9. The van der Waals surface area contributed by atoms with Crippen molar-refractivity contribution >= 4 is 50.5 Å². The smallest absolute Gasteiger partial charge is 0.271 e. The van der Waals surface area contributed by atoms with Gasteiger partial charge >= 0.3 is 0 Å². The van der Waals surface area contributed by atoms with Crippen molar-refractivity contribution in [2.75, 3.05) is 18.4 Å². The summed E-state index contributed by atoms with van der Waals surface area (Å²) in [6.07, 6.45) is 0.725. The highest BCUT2D eigenvalue weighted by molar-refractivity contribution is 7.88. The van der Waals surface area contributed by atoms with Gasteiger partial charge in [-0.3, -0.25) is 14.9 Å². The number of carbonyl (C=O) groups excluding carboxylic acids is 1. The van der Waals surface area contributed by atoms with Gasteiger partial charge < -0.3 is 5.32 Å². The fraction of sp³-hybridized carbons (Fsp3) is 0.316. The monoisotopic (exact) mass is 471 g/mol. The fourth-order valence-corrected chi connectivity index (χ4v) is 5.14. The van der Waals surface area contributed by atoms with Gasteiger partial charge in [0, 0.05) is 36.8 Å². The Hall–Kier alpha value is -2.20. The summed E-state index contributed by atoms with van der Waals surface area (Å²) in [5.74, 6) is -0.855. The van der Waals surface area contributed by atoms with E-state index >= 15 is 0 Å². The molecule has 8 nitrogen and oxygen atoms in total. The van der Waals surface area contributed by atoms with Crippen LogP contribution >= 0.6 is 23.2 Å². The number of nitrogens with one attached hydrogen (secondary N) is 1. The van der Waals surface area contributed by atoms with E-state index in [0.29, 0.717) is 34.1 Å². The van der Waals surface area contributed by atoms with Crippen LogP contribution in [0.2, 0.25) is 10.0 Å². The van der Waals surface area contributed by atoms with Crippen LogP contribution in [0.25, 0.3) is 0 Å². The average molecular weight is 472 g/mol. The molecule has 0 atom stereocenters. The van der Waals surface area contributed by atoms with Gasteiger partial charge in [0.05, 0.1) is 20.7 Å². The molecule has 2 aromatic rings. The molecule has 30 heavy (non-hydrogen) atoms. The van der Waals surface area contributed by atoms with Crippen LogP contribution in [-0.2, 0) is 20.6 Å². The fourth-order valence-electron chi connectivity index (χ4n) is 3.27. The van der Waals surface area contributed by atoms with Crippen molar-refractivity contribution in [3.63, 3.8) is 0 Å². The molecule has 0 spiro atoms. The first-order valence-corrected chi connectivity index (χ1v) is 11.5. The van der Waals surface area contributed by atoms with E-state index < -0.39 is 14.9 Å². The number of anilines is 1. The lowest BCUT2D eigenvalue weighted by Gasteiger charge is -2.30. The number of amides is 1. The molecule has 1 aliphatic rings. The highest BCUT2D eigenvalue weighted by atomic mass is 35.5. The van der Waals surface area contributed by atoms with Crippen LogP contribution in [0.4, 0.5) is 11.4 Å². The second kappa shape index (κ2) is 9.30. The van der Waals surface area contributed by atoms with Crippen LogP contribution in [0.15, 0.2) is 42.5 Å². The highest BCUT2D eigenvalue weighted by Gasteiger charge is 2.31. The average Bonchev–Trinajstić information content (AvgIpc) is 2.71. The SMILES string of the molecule is O=C(Nc1cccc([N+](=O)[O-])c1)C1CCN(S(=O)(=O)Cc2ccc(Cl)c(Cl)c2)CC1. The van der Waals surface area contributed by atoms with Gasteiger partial charge in [-0.25, -0.2) is 12.7 Å². The van der Waals surface area contributed by atoms with Gasteiger partial charge in [0.2, 0.25) is 15.9 Å². The molecule has 0 aromatic heterocycles. The van der Waals surface area contributed by atoms with Crippen LogP contribution < -0.4 is 5.32 Å². The number of sulfonamides is 1. The standard InChI is InChI=1S/C19H19Cl2N3O5S/c20-17-5-4-13(10-18(17)21)12-30(28,29)23-8-6-14(7-9-23)19(25)22-15-2-1-3-16(11-15)24(26)27/h1-5,10-11,14H,6-9,12H2,(H,22,25). The first-order valence-electron chi connectivity index (χ1n) is 9.13. The largest absolute Gasteiger partial charge is 0.326 e. The summed E-state index contributed by atoms with van der Waals surface area (Å²) in [6, 6.07) is 10.4. The number of non-ortho nitro benzene ring substituents is 1. The van der Waals surface area contributed by atoms with Crippen LogP contribution in [0.3, 0.4) is 0 Å². The van der Waals surface area contributed by atoms with E-state index in [0.717, 1.165) is 0 Å². The van der Waals surface area contributed by atoms with Crippen molar-refractivity contribution in [3.05, 3.63) is 68.2 Å². The summed E-state index contributed by atoms with van der Waals surface area (Å²) in [5, 5.41) is 14.2. The Kier molecular flexibility index (Phi) is 6.97. The molecule has 2 aromatic carbocycles. The molecule has 1 N–H and O–H groups in total. The maximum Gasteiger partial charge on any atom is 0.271 e. The number of rotatable bonds is 6. The number of carbonyl (C=O) groups is 1. The topological polar surface area (TPSA) is 110 Å². The van der Waals surface area contributed by atoms with Gasteiger partial charge in [-0.15, -0.1) is 0 Å². The number of halogens is 2. The summed E-state index contributed by atoms with van der Waals surface area (Å²) in [5.41, 5.74) is 0.759. The molecule has 3 rings (SSSR count). The molecule has 160 valence electrons. The molecule has 1 aliphatic heterocycles. The van der Waals surface area contributed by atoms with Crippen LogP contribution in [0.1, 0.15) is 18.4 Å². The Balaban J connectivity index is 1.58. The molecule has 1 amide bonds. The van der Waals surface area contributed by atoms with Gasteiger partial charge in [-0.1, -0.05) is 35.3 Å². The predicted molar refractivity (Wildman–Crippen MR) is 115 cm³/mol. The van der Waals surface area contributed by atoms with Gasteiger partial charge in [0.25, 0.3) is 5.69 Å².